The van der Waals surface area contributed by atoms with Crippen molar-refractivity contribution in [1.82, 2.24) is 19.9 Å². The minimum absolute atomic E-state index is 0.0910. The van der Waals surface area contributed by atoms with Gasteiger partial charge < -0.3 is 19.9 Å². The van der Waals surface area contributed by atoms with Crippen LogP contribution in [0.4, 0.5) is 16.4 Å². The molecule has 2 aromatic rings. The van der Waals surface area contributed by atoms with E-state index in [1.165, 1.54) is 0 Å². The summed E-state index contributed by atoms with van der Waals surface area (Å²) in [5.74, 6) is 6.06. The largest absolute Gasteiger partial charge is 0.436 e. The third-order valence-electron chi connectivity index (χ3n) is 4.37. The Hall–Kier alpha value is -3.67. The van der Waals surface area contributed by atoms with E-state index in [1.807, 2.05) is 4.90 Å². The predicted molar refractivity (Wildman–Crippen MR) is 108 cm³/mol. The molecule has 1 saturated heterocycles. The van der Waals surface area contributed by atoms with Crippen LogP contribution in [0.1, 0.15) is 23.1 Å². The number of anilines is 2. The quantitative estimate of drug-likeness (QED) is 0.788. The molecule has 0 aliphatic carbocycles. The minimum atomic E-state index is -0.377. The van der Waals surface area contributed by atoms with Crippen LogP contribution in [0.5, 0.6) is 0 Å². The van der Waals surface area contributed by atoms with Gasteiger partial charge in [-0.05, 0) is 26.0 Å². The number of hydrogen-bond acceptors (Lipinski definition) is 7. The Labute approximate surface area is 169 Å². The lowest BCUT2D eigenvalue weighted by molar-refractivity contribution is 0.102. The molecule has 0 bridgehead atoms. The molecule has 1 aliphatic heterocycles. The number of pyridine rings is 1. The Morgan fingerprint density at radius 2 is 2.00 bits per heavy atom. The Bertz CT molecular complexity index is 930. The highest BCUT2D eigenvalue weighted by atomic mass is 16.6. The summed E-state index contributed by atoms with van der Waals surface area (Å²) in [6.07, 6.45) is 2.86. The summed E-state index contributed by atoms with van der Waals surface area (Å²) >= 11 is 0. The first-order valence-electron chi connectivity index (χ1n) is 9.20. The number of aromatic nitrogens is 3. The topological polar surface area (TPSA) is 101 Å². The number of amides is 2. The van der Waals surface area contributed by atoms with Gasteiger partial charge in [0.1, 0.15) is 11.6 Å². The van der Waals surface area contributed by atoms with Crippen LogP contribution in [0.15, 0.2) is 30.6 Å². The minimum Gasteiger partial charge on any atom is -0.436 e. The second-order valence-electron chi connectivity index (χ2n) is 6.29. The highest BCUT2D eigenvalue weighted by Gasteiger charge is 2.24. The molecular weight excluding hydrogens is 372 g/mol. The van der Waals surface area contributed by atoms with Crippen LogP contribution in [-0.4, -0.2) is 64.6 Å². The number of hydrogen-bond donors (Lipinski definition) is 1. The molecule has 1 aliphatic rings. The molecular formula is C20H22N6O3. The van der Waals surface area contributed by atoms with Crippen LogP contribution in [0.25, 0.3) is 0 Å². The van der Waals surface area contributed by atoms with Crippen molar-refractivity contribution in [3.05, 3.63) is 42.0 Å². The molecule has 9 heteroatoms. The van der Waals surface area contributed by atoms with Crippen molar-refractivity contribution in [2.45, 2.75) is 13.8 Å². The number of carbonyl (C=O) groups is 2. The second kappa shape index (κ2) is 9.50. The summed E-state index contributed by atoms with van der Waals surface area (Å²) in [5.41, 5.74) is 0.773. The fourth-order valence-corrected chi connectivity index (χ4v) is 2.80. The lowest BCUT2D eigenvalue weighted by atomic mass is 10.3. The lowest BCUT2D eigenvalue weighted by Crippen LogP contribution is -2.49. The Morgan fingerprint density at radius 3 is 2.69 bits per heavy atom. The SMILES string of the molecule is CC#CCOC(=O)N1CCN(c2cnc(C)c(C(=O)Nc3ccccn3)n2)CC1. The maximum Gasteiger partial charge on any atom is 0.410 e. The van der Waals surface area contributed by atoms with Crippen LogP contribution < -0.4 is 10.2 Å². The monoisotopic (exact) mass is 394 g/mol. The molecule has 2 amide bonds. The summed E-state index contributed by atoms with van der Waals surface area (Å²) in [5, 5.41) is 2.72. The van der Waals surface area contributed by atoms with Gasteiger partial charge in [0.05, 0.1) is 11.9 Å². The third kappa shape index (κ3) is 5.19. The highest BCUT2D eigenvalue weighted by molar-refractivity contribution is 6.03. The summed E-state index contributed by atoms with van der Waals surface area (Å²) in [6.45, 7) is 5.62. The van der Waals surface area contributed by atoms with Crippen LogP contribution in [-0.2, 0) is 4.74 Å². The number of aryl methyl sites for hydroxylation is 1. The van der Waals surface area contributed by atoms with Crippen molar-refractivity contribution in [3.63, 3.8) is 0 Å². The fourth-order valence-electron chi connectivity index (χ4n) is 2.80. The standard InChI is InChI=1S/C20H22N6O3/c1-3-4-13-29-20(28)26-11-9-25(10-12-26)17-14-22-15(2)18(24-17)19(27)23-16-7-5-6-8-21-16/h5-8,14H,9-13H2,1-2H3,(H,21,23,27). The summed E-state index contributed by atoms with van der Waals surface area (Å²) < 4.78 is 5.09. The zero-order valence-electron chi connectivity index (χ0n) is 16.4. The molecule has 0 aromatic carbocycles. The summed E-state index contributed by atoms with van der Waals surface area (Å²) in [4.78, 5) is 41.1. The van der Waals surface area contributed by atoms with Gasteiger partial charge in [-0.3, -0.25) is 9.78 Å². The van der Waals surface area contributed by atoms with E-state index >= 15 is 0 Å². The van der Waals surface area contributed by atoms with Crippen molar-refractivity contribution < 1.29 is 14.3 Å². The maximum atomic E-state index is 12.6. The molecule has 0 spiro atoms. The van der Waals surface area contributed by atoms with Gasteiger partial charge in [-0.2, -0.15) is 0 Å². The predicted octanol–water partition coefficient (Wildman–Crippen LogP) is 1.71. The normalized spacial score (nSPS) is 13.3. The van der Waals surface area contributed by atoms with Crippen LogP contribution in [0, 0.1) is 18.8 Å². The Balaban J connectivity index is 1.63. The van der Waals surface area contributed by atoms with Gasteiger partial charge in [-0.15, -0.1) is 5.92 Å². The number of nitrogens with zero attached hydrogens (tertiary/aromatic N) is 5. The zero-order valence-corrected chi connectivity index (χ0v) is 16.4. The Kier molecular flexibility index (Phi) is 6.58. The number of piperazine rings is 1. The van der Waals surface area contributed by atoms with E-state index < -0.39 is 0 Å². The van der Waals surface area contributed by atoms with Crippen LogP contribution in [0.2, 0.25) is 0 Å². The van der Waals surface area contributed by atoms with E-state index in [0.717, 1.165) is 0 Å². The second-order valence-corrected chi connectivity index (χ2v) is 6.29. The maximum absolute atomic E-state index is 12.6. The van der Waals surface area contributed by atoms with Crippen molar-refractivity contribution >= 4 is 23.6 Å². The number of rotatable bonds is 4. The van der Waals surface area contributed by atoms with Crippen molar-refractivity contribution in [3.8, 4) is 11.8 Å². The average Bonchev–Trinajstić information content (AvgIpc) is 2.75. The van der Waals surface area contributed by atoms with Gasteiger partial charge in [-0.25, -0.2) is 14.8 Å². The summed E-state index contributed by atoms with van der Waals surface area (Å²) in [7, 11) is 0. The lowest BCUT2D eigenvalue weighted by Gasteiger charge is -2.34. The molecule has 3 heterocycles. The molecule has 0 saturated carbocycles. The molecule has 3 rings (SSSR count). The van der Waals surface area contributed by atoms with Gasteiger partial charge in [0.25, 0.3) is 5.91 Å². The first-order chi connectivity index (χ1) is 14.1. The van der Waals surface area contributed by atoms with Crippen molar-refractivity contribution in [1.29, 1.82) is 0 Å². The first kappa shape index (κ1) is 20.1. The molecule has 1 N–H and O–H groups in total. The van der Waals surface area contributed by atoms with E-state index in [4.69, 9.17) is 4.74 Å². The molecule has 9 nitrogen and oxygen atoms in total. The number of carbonyl (C=O) groups excluding carboxylic acids is 2. The van der Waals surface area contributed by atoms with E-state index in [-0.39, 0.29) is 24.3 Å². The highest BCUT2D eigenvalue weighted by Crippen LogP contribution is 2.16. The van der Waals surface area contributed by atoms with E-state index in [2.05, 4.69) is 32.1 Å². The molecule has 0 atom stereocenters. The van der Waals surface area contributed by atoms with Gasteiger partial charge >= 0.3 is 6.09 Å². The average molecular weight is 394 g/mol. The van der Waals surface area contributed by atoms with Gasteiger partial charge in [-0.1, -0.05) is 12.0 Å². The van der Waals surface area contributed by atoms with Crippen LogP contribution in [0.3, 0.4) is 0 Å². The molecule has 29 heavy (non-hydrogen) atoms. The van der Waals surface area contributed by atoms with Gasteiger partial charge in [0, 0.05) is 32.4 Å². The molecule has 0 radical (unpaired) electrons. The van der Waals surface area contributed by atoms with Crippen molar-refractivity contribution in [2.75, 3.05) is 43.0 Å². The molecule has 0 unspecified atom stereocenters. The van der Waals surface area contributed by atoms with E-state index in [9.17, 15) is 9.59 Å². The van der Waals surface area contributed by atoms with Gasteiger partial charge in [0.15, 0.2) is 12.3 Å². The number of nitrogens with one attached hydrogen (secondary N) is 1. The number of ether oxygens (including phenoxy) is 1. The zero-order chi connectivity index (χ0) is 20.6. The molecule has 1 fully saturated rings. The smallest absolute Gasteiger partial charge is 0.410 e. The van der Waals surface area contributed by atoms with E-state index in [0.29, 0.717) is 43.5 Å². The van der Waals surface area contributed by atoms with Crippen LogP contribution >= 0.6 is 0 Å². The van der Waals surface area contributed by atoms with Crippen molar-refractivity contribution in [2.24, 2.45) is 0 Å². The first-order valence-corrected chi connectivity index (χ1v) is 9.20. The molecule has 2 aromatic heterocycles. The third-order valence-corrected chi connectivity index (χ3v) is 4.37. The molecule has 150 valence electrons. The Morgan fingerprint density at radius 1 is 1.21 bits per heavy atom. The van der Waals surface area contributed by atoms with Gasteiger partial charge in [0.2, 0.25) is 0 Å². The summed E-state index contributed by atoms with van der Waals surface area (Å²) in [6, 6.07) is 5.26. The van der Waals surface area contributed by atoms with E-state index in [1.54, 1.807) is 49.3 Å². The fraction of sp³-hybridized carbons (Fsp3) is 0.350.